The first kappa shape index (κ1) is 17.1. The molecule has 1 aliphatic rings. The molecule has 0 aromatic heterocycles. The highest BCUT2D eigenvalue weighted by Crippen LogP contribution is 2.25. The van der Waals surface area contributed by atoms with Gasteiger partial charge in [-0.15, -0.1) is 0 Å². The van der Waals surface area contributed by atoms with Gasteiger partial charge in [0.1, 0.15) is 0 Å². The fourth-order valence-electron chi connectivity index (χ4n) is 3.03. The van der Waals surface area contributed by atoms with Crippen LogP contribution in [0.3, 0.4) is 0 Å². The second-order valence-electron chi connectivity index (χ2n) is 6.17. The Labute approximate surface area is 142 Å². The molecule has 1 aliphatic heterocycles. The molecular weight excluding hydrogens is 324 g/mol. The molecule has 5 nitrogen and oxygen atoms in total. The molecule has 0 amide bonds. The molecular formula is C18H22N2O3S. The zero-order chi connectivity index (χ0) is 17.0. The van der Waals surface area contributed by atoms with Crippen LogP contribution in [-0.4, -0.2) is 29.7 Å². The summed E-state index contributed by atoms with van der Waals surface area (Å²) in [7, 11) is -3.43. The molecule has 0 spiro atoms. The Bertz CT molecular complexity index is 753. The number of benzene rings is 2. The third-order valence-corrected chi connectivity index (χ3v) is 6.29. The van der Waals surface area contributed by atoms with E-state index in [9.17, 15) is 13.6 Å². The van der Waals surface area contributed by atoms with Crippen molar-refractivity contribution in [1.29, 1.82) is 0 Å². The van der Waals surface area contributed by atoms with E-state index in [1.807, 2.05) is 54.6 Å². The van der Waals surface area contributed by atoms with Gasteiger partial charge < -0.3 is 5.21 Å². The molecule has 2 aromatic carbocycles. The minimum atomic E-state index is -3.43. The second kappa shape index (κ2) is 7.44. The van der Waals surface area contributed by atoms with Crippen LogP contribution < -0.4 is 5.48 Å². The Hall–Kier alpha value is -1.73. The van der Waals surface area contributed by atoms with E-state index in [0.29, 0.717) is 19.5 Å². The lowest BCUT2D eigenvalue weighted by Gasteiger charge is -2.20. The number of hydrogen-bond acceptors (Lipinski definition) is 4. The molecule has 1 atom stereocenters. The van der Waals surface area contributed by atoms with Gasteiger partial charge in [0.05, 0.1) is 5.75 Å². The number of aryl methyl sites for hydroxylation is 1. The summed E-state index contributed by atoms with van der Waals surface area (Å²) in [5, 5.41) is 9.35. The van der Waals surface area contributed by atoms with Gasteiger partial charge in [0, 0.05) is 19.1 Å². The van der Waals surface area contributed by atoms with Crippen molar-refractivity contribution in [3.8, 4) is 0 Å². The minimum absolute atomic E-state index is 0.107. The minimum Gasteiger partial charge on any atom is -0.317 e. The molecule has 1 heterocycles. The van der Waals surface area contributed by atoms with Crippen LogP contribution in [0.4, 0.5) is 0 Å². The van der Waals surface area contributed by atoms with Crippen molar-refractivity contribution in [1.82, 2.24) is 9.79 Å². The molecule has 3 rings (SSSR count). The van der Waals surface area contributed by atoms with E-state index in [1.165, 1.54) is 4.31 Å². The van der Waals surface area contributed by atoms with E-state index >= 15 is 0 Å². The Kier molecular flexibility index (Phi) is 5.30. The fourth-order valence-corrected chi connectivity index (χ4v) is 4.66. The molecule has 0 aliphatic carbocycles. The molecule has 2 N–H and O–H groups in total. The zero-order valence-corrected chi connectivity index (χ0v) is 14.2. The lowest BCUT2D eigenvalue weighted by Crippen LogP contribution is -2.39. The van der Waals surface area contributed by atoms with E-state index in [0.717, 1.165) is 23.1 Å². The average Bonchev–Trinajstić information content (AvgIpc) is 3.04. The topological polar surface area (TPSA) is 69.6 Å². The summed E-state index contributed by atoms with van der Waals surface area (Å²) in [4.78, 5) is 0. The summed E-state index contributed by atoms with van der Waals surface area (Å²) >= 11 is 0. The maximum atomic E-state index is 12.7. The summed E-state index contributed by atoms with van der Waals surface area (Å²) in [5.41, 5.74) is 5.40. The van der Waals surface area contributed by atoms with Crippen LogP contribution in [-0.2, 0) is 29.5 Å². The summed E-state index contributed by atoms with van der Waals surface area (Å²) < 4.78 is 26.8. The van der Waals surface area contributed by atoms with Crippen molar-refractivity contribution >= 4 is 10.0 Å². The first-order valence-electron chi connectivity index (χ1n) is 8.06. The maximum Gasteiger partial charge on any atom is 0.216 e. The first-order valence-corrected chi connectivity index (χ1v) is 9.67. The molecule has 0 saturated heterocycles. The van der Waals surface area contributed by atoms with Gasteiger partial charge in [0.25, 0.3) is 0 Å². The van der Waals surface area contributed by atoms with Crippen LogP contribution in [0.1, 0.15) is 23.1 Å². The molecule has 0 fully saturated rings. The van der Waals surface area contributed by atoms with Gasteiger partial charge in [0.15, 0.2) is 0 Å². The number of nitrogens with one attached hydrogen (secondary N) is 1. The Morgan fingerprint density at radius 3 is 2.17 bits per heavy atom. The van der Waals surface area contributed by atoms with Gasteiger partial charge in [-0.2, -0.15) is 4.31 Å². The number of rotatable bonds is 7. The molecule has 24 heavy (non-hydrogen) atoms. The van der Waals surface area contributed by atoms with Crippen molar-refractivity contribution in [3.05, 3.63) is 71.3 Å². The van der Waals surface area contributed by atoms with Crippen LogP contribution in [0.5, 0.6) is 0 Å². The van der Waals surface area contributed by atoms with Gasteiger partial charge in [-0.05, 0) is 29.5 Å². The van der Waals surface area contributed by atoms with Crippen molar-refractivity contribution in [2.45, 2.75) is 32.0 Å². The van der Waals surface area contributed by atoms with Crippen LogP contribution in [0.2, 0.25) is 0 Å². The number of hydroxylamine groups is 1. The maximum absolute atomic E-state index is 12.7. The summed E-state index contributed by atoms with van der Waals surface area (Å²) in [5.74, 6) is -0.107. The van der Waals surface area contributed by atoms with Crippen LogP contribution in [0.25, 0.3) is 0 Å². The standard InChI is InChI=1S/C18H22N2O3S/c21-19-18(11-10-15-6-2-1-3-7-15)14-24(22,23)20-12-16-8-4-5-9-17(16)13-20/h1-9,18-19,21H,10-14H2. The van der Waals surface area contributed by atoms with Gasteiger partial charge in [-0.3, -0.25) is 0 Å². The third kappa shape index (κ3) is 4.02. The smallest absolute Gasteiger partial charge is 0.216 e. The van der Waals surface area contributed by atoms with Crippen molar-refractivity contribution < 1.29 is 13.6 Å². The summed E-state index contributed by atoms with van der Waals surface area (Å²) in [6.45, 7) is 0.824. The van der Waals surface area contributed by atoms with Gasteiger partial charge in [0.2, 0.25) is 10.0 Å². The predicted octanol–water partition coefficient (Wildman–Crippen LogP) is 2.31. The Morgan fingerprint density at radius 2 is 1.58 bits per heavy atom. The highest BCUT2D eigenvalue weighted by atomic mass is 32.2. The van der Waals surface area contributed by atoms with E-state index in [1.54, 1.807) is 0 Å². The van der Waals surface area contributed by atoms with E-state index < -0.39 is 16.1 Å². The molecule has 0 radical (unpaired) electrons. The Balaban J connectivity index is 1.61. The van der Waals surface area contributed by atoms with Gasteiger partial charge in [-0.25, -0.2) is 13.9 Å². The lowest BCUT2D eigenvalue weighted by atomic mass is 10.1. The van der Waals surface area contributed by atoms with Crippen molar-refractivity contribution in [2.24, 2.45) is 0 Å². The summed E-state index contributed by atoms with van der Waals surface area (Å²) in [6.07, 6.45) is 1.27. The molecule has 128 valence electrons. The first-order chi connectivity index (χ1) is 11.6. The number of fused-ring (bicyclic) bond motifs is 1. The number of hydrogen-bond donors (Lipinski definition) is 2. The molecule has 6 heteroatoms. The molecule has 2 aromatic rings. The molecule has 0 saturated carbocycles. The van der Waals surface area contributed by atoms with Gasteiger partial charge >= 0.3 is 0 Å². The quantitative estimate of drug-likeness (QED) is 0.755. The number of sulfonamides is 1. The zero-order valence-electron chi connectivity index (χ0n) is 13.4. The van der Waals surface area contributed by atoms with Crippen LogP contribution in [0, 0.1) is 0 Å². The van der Waals surface area contributed by atoms with Crippen molar-refractivity contribution in [3.63, 3.8) is 0 Å². The molecule has 0 bridgehead atoms. The lowest BCUT2D eigenvalue weighted by molar-refractivity contribution is 0.129. The van der Waals surface area contributed by atoms with Crippen LogP contribution >= 0.6 is 0 Å². The van der Waals surface area contributed by atoms with Crippen molar-refractivity contribution in [2.75, 3.05) is 5.75 Å². The average molecular weight is 346 g/mol. The monoisotopic (exact) mass is 346 g/mol. The summed E-state index contributed by atoms with van der Waals surface area (Å²) in [6, 6.07) is 17.1. The van der Waals surface area contributed by atoms with Gasteiger partial charge in [-0.1, -0.05) is 54.6 Å². The highest BCUT2D eigenvalue weighted by Gasteiger charge is 2.30. The fraction of sp³-hybridized carbons (Fsp3) is 0.333. The largest absolute Gasteiger partial charge is 0.317 e. The van der Waals surface area contributed by atoms with Crippen LogP contribution in [0.15, 0.2) is 54.6 Å². The second-order valence-corrected chi connectivity index (χ2v) is 8.18. The highest BCUT2D eigenvalue weighted by molar-refractivity contribution is 7.89. The molecule has 1 unspecified atom stereocenters. The van der Waals surface area contributed by atoms with E-state index in [2.05, 4.69) is 5.48 Å². The van der Waals surface area contributed by atoms with E-state index in [-0.39, 0.29) is 5.75 Å². The normalized spacial score (nSPS) is 16.0. The van der Waals surface area contributed by atoms with E-state index in [4.69, 9.17) is 0 Å². The number of nitrogens with zero attached hydrogens (tertiary/aromatic N) is 1. The SMILES string of the molecule is O=S(=O)(CC(CCc1ccccc1)NO)N1Cc2ccccc2C1. The Morgan fingerprint density at radius 1 is 1.00 bits per heavy atom. The predicted molar refractivity (Wildman–Crippen MR) is 92.9 cm³/mol. The third-order valence-electron chi connectivity index (χ3n) is 4.42.